The van der Waals surface area contributed by atoms with Crippen molar-refractivity contribution in [1.29, 1.82) is 0 Å². The van der Waals surface area contributed by atoms with Crippen LogP contribution in [-0.2, 0) is 9.59 Å². The molecule has 2 aromatic rings. The van der Waals surface area contributed by atoms with E-state index in [1.165, 1.54) is 0 Å². The lowest BCUT2D eigenvalue weighted by Gasteiger charge is -2.37. The molecule has 0 bridgehead atoms. The maximum absolute atomic E-state index is 13.8. The first-order chi connectivity index (χ1) is 15.7. The average Bonchev–Trinajstić information content (AvgIpc) is 2.85. The Morgan fingerprint density at radius 3 is 1.81 bits per heavy atom. The van der Waals surface area contributed by atoms with Crippen LogP contribution in [-0.4, -0.2) is 37.5 Å². The van der Waals surface area contributed by atoms with Gasteiger partial charge in [0, 0.05) is 24.5 Å². The number of unbranched alkanes of at least 4 members (excludes halogenated alkanes) is 2. The van der Waals surface area contributed by atoms with Crippen LogP contribution >= 0.6 is 0 Å². The average molecular weight is 436 g/mol. The fourth-order valence-corrected chi connectivity index (χ4v) is 4.36. The number of anilines is 2. The quantitative estimate of drug-likeness (QED) is 0.570. The van der Waals surface area contributed by atoms with Crippen LogP contribution in [0.3, 0.4) is 0 Å². The Hall–Kier alpha value is -2.66. The van der Waals surface area contributed by atoms with Gasteiger partial charge in [-0.25, -0.2) is 0 Å². The van der Waals surface area contributed by atoms with E-state index in [0.29, 0.717) is 13.1 Å². The number of carbonyl (C=O) groups is 2. The van der Waals surface area contributed by atoms with Crippen LogP contribution in [0.15, 0.2) is 60.7 Å². The molecule has 1 N–H and O–H groups in total. The summed E-state index contributed by atoms with van der Waals surface area (Å²) in [6.07, 6.45) is 5.52. The Bertz CT molecular complexity index is 769. The summed E-state index contributed by atoms with van der Waals surface area (Å²) in [5, 5.41) is 3.40. The third kappa shape index (κ3) is 5.98. The van der Waals surface area contributed by atoms with Crippen LogP contribution in [0.2, 0.25) is 0 Å². The second kappa shape index (κ2) is 12.4. The second-order valence-corrected chi connectivity index (χ2v) is 8.54. The molecule has 5 heteroatoms. The van der Waals surface area contributed by atoms with Gasteiger partial charge in [-0.05, 0) is 56.5 Å². The third-order valence-electron chi connectivity index (χ3n) is 6.18. The van der Waals surface area contributed by atoms with Gasteiger partial charge in [0.1, 0.15) is 0 Å². The maximum Gasteiger partial charge on any atom is 0.244 e. The normalized spacial score (nSPS) is 18.2. The molecule has 2 amide bonds. The molecular formula is C27H37N3O2. The summed E-state index contributed by atoms with van der Waals surface area (Å²) in [5.74, 6) is -0.300. The predicted molar refractivity (Wildman–Crippen MR) is 132 cm³/mol. The zero-order chi connectivity index (χ0) is 22.8. The molecule has 2 aromatic carbocycles. The van der Waals surface area contributed by atoms with E-state index >= 15 is 0 Å². The van der Waals surface area contributed by atoms with Gasteiger partial charge >= 0.3 is 0 Å². The van der Waals surface area contributed by atoms with Crippen molar-refractivity contribution >= 4 is 23.2 Å². The molecule has 0 aliphatic carbocycles. The number of nitrogens with one attached hydrogen (secondary N) is 1. The van der Waals surface area contributed by atoms with Crippen LogP contribution in [0.5, 0.6) is 0 Å². The molecule has 172 valence electrons. The molecule has 2 atom stereocenters. The van der Waals surface area contributed by atoms with Crippen molar-refractivity contribution in [2.45, 2.75) is 58.4 Å². The van der Waals surface area contributed by atoms with Gasteiger partial charge in [-0.1, -0.05) is 63.1 Å². The summed E-state index contributed by atoms with van der Waals surface area (Å²) < 4.78 is 0. The van der Waals surface area contributed by atoms with Crippen LogP contribution < -0.4 is 15.1 Å². The fourth-order valence-electron chi connectivity index (χ4n) is 4.36. The third-order valence-corrected chi connectivity index (χ3v) is 6.18. The van der Waals surface area contributed by atoms with E-state index in [0.717, 1.165) is 56.4 Å². The van der Waals surface area contributed by atoms with E-state index in [1.807, 2.05) is 70.5 Å². The van der Waals surface area contributed by atoms with Crippen LogP contribution in [0.4, 0.5) is 11.4 Å². The number of carbonyl (C=O) groups excluding carboxylic acids is 2. The van der Waals surface area contributed by atoms with Gasteiger partial charge in [0.25, 0.3) is 0 Å². The Labute approximate surface area is 192 Å². The summed E-state index contributed by atoms with van der Waals surface area (Å²) in [7, 11) is 0. The standard InChI is InChI=1S/C27H37N3O2/c1-3-5-20-29(22-14-9-7-10-15-22)26(31)24-18-13-19-28-25(24)27(32)30(21-6-4-2)23-16-11-8-12-17-23/h7-12,14-17,24-25,28H,3-6,13,18-21H2,1-2H3/t24-,25+/m1/s1. The molecule has 0 saturated carbocycles. The Kier molecular flexibility index (Phi) is 9.29. The fraction of sp³-hybridized carbons (Fsp3) is 0.481. The number of nitrogens with zero attached hydrogens (tertiary/aromatic N) is 2. The van der Waals surface area contributed by atoms with Crippen LogP contribution in [0, 0.1) is 5.92 Å². The molecule has 32 heavy (non-hydrogen) atoms. The molecule has 5 nitrogen and oxygen atoms in total. The molecule has 0 radical (unpaired) electrons. The van der Waals surface area contributed by atoms with Crippen molar-refractivity contribution in [3.05, 3.63) is 60.7 Å². The van der Waals surface area contributed by atoms with Crippen LogP contribution in [0.25, 0.3) is 0 Å². The van der Waals surface area contributed by atoms with Crippen molar-refractivity contribution in [2.24, 2.45) is 5.92 Å². The molecule has 3 rings (SSSR count). The lowest BCUT2D eigenvalue weighted by Crippen LogP contribution is -2.57. The lowest BCUT2D eigenvalue weighted by atomic mass is 9.88. The number of hydrogen-bond donors (Lipinski definition) is 1. The van der Waals surface area contributed by atoms with Crippen molar-refractivity contribution < 1.29 is 9.59 Å². The van der Waals surface area contributed by atoms with Gasteiger partial charge in [-0.3, -0.25) is 9.59 Å². The number of rotatable bonds is 10. The van der Waals surface area contributed by atoms with Crippen molar-refractivity contribution in [1.82, 2.24) is 5.32 Å². The smallest absolute Gasteiger partial charge is 0.244 e. The Morgan fingerprint density at radius 1 is 0.812 bits per heavy atom. The van der Waals surface area contributed by atoms with E-state index in [9.17, 15) is 9.59 Å². The molecule has 1 saturated heterocycles. The molecule has 0 unspecified atom stereocenters. The van der Waals surface area contributed by atoms with E-state index in [-0.39, 0.29) is 17.7 Å². The first kappa shape index (κ1) is 24.0. The summed E-state index contributed by atoms with van der Waals surface area (Å²) in [4.78, 5) is 31.3. The highest BCUT2D eigenvalue weighted by atomic mass is 16.2. The minimum absolute atomic E-state index is 0.00574. The van der Waals surface area contributed by atoms with E-state index in [1.54, 1.807) is 0 Å². The number of piperidine rings is 1. The highest BCUT2D eigenvalue weighted by Gasteiger charge is 2.40. The summed E-state index contributed by atoms with van der Waals surface area (Å²) in [6, 6.07) is 19.2. The molecule has 1 heterocycles. The topological polar surface area (TPSA) is 52.7 Å². The molecule has 0 aromatic heterocycles. The minimum Gasteiger partial charge on any atom is -0.312 e. The highest BCUT2D eigenvalue weighted by molar-refractivity contribution is 6.03. The number of hydrogen-bond acceptors (Lipinski definition) is 3. The van der Waals surface area contributed by atoms with Crippen LogP contribution in [0.1, 0.15) is 52.4 Å². The van der Waals surface area contributed by atoms with Gasteiger partial charge < -0.3 is 15.1 Å². The van der Waals surface area contributed by atoms with Gasteiger partial charge in [-0.2, -0.15) is 0 Å². The van der Waals surface area contributed by atoms with Crippen molar-refractivity contribution in [3.63, 3.8) is 0 Å². The summed E-state index contributed by atoms with van der Waals surface area (Å²) >= 11 is 0. The minimum atomic E-state index is -0.499. The van der Waals surface area contributed by atoms with Crippen molar-refractivity contribution in [3.8, 4) is 0 Å². The van der Waals surface area contributed by atoms with E-state index in [4.69, 9.17) is 0 Å². The summed E-state index contributed by atoms with van der Waals surface area (Å²) in [6.45, 7) is 6.36. The SMILES string of the molecule is CCCCN(C(=O)[C@H]1NCCC[C@H]1C(=O)N(CCCC)c1ccccc1)c1ccccc1. The second-order valence-electron chi connectivity index (χ2n) is 8.54. The Balaban J connectivity index is 1.87. The van der Waals surface area contributed by atoms with Gasteiger partial charge in [0.05, 0.1) is 12.0 Å². The zero-order valence-electron chi connectivity index (χ0n) is 19.5. The summed E-state index contributed by atoms with van der Waals surface area (Å²) in [5.41, 5.74) is 1.81. The molecule has 1 aliphatic rings. The first-order valence-corrected chi connectivity index (χ1v) is 12.1. The highest BCUT2D eigenvalue weighted by Crippen LogP contribution is 2.27. The largest absolute Gasteiger partial charge is 0.312 e. The molecule has 1 aliphatic heterocycles. The molecule has 0 spiro atoms. The zero-order valence-corrected chi connectivity index (χ0v) is 19.5. The van der Waals surface area contributed by atoms with Gasteiger partial charge in [-0.15, -0.1) is 0 Å². The van der Waals surface area contributed by atoms with E-state index in [2.05, 4.69) is 19.2 Å². The van der Waals surface area contributed by atoms with Gasteiger partial charge in [0.2, 0.25) is 11.8 Å². The van der Waals surface area contributed by atoms with Gasteiger partial charge in [0.15, 0.2) is 0 Å². The number of amides is 2. The number of para-hydroxylation sites is 2. The lowest BCUT2D eigenvalue weighted by molar-refractivity contribution is -0.130. The maximum atomic E-state index is 13.8. The predicted octanol–water partition coefficient (Wildman–Crippen LogP) is 5.02. The van der Waals surface area contributed by atoms with Crippen molar-refractivity contribution in [2.75, 3.05) is 29.4 Å². The first-order valence-electron chi connectivity index (χ1n) is 12.1. The monoisotopic (exact) mass is 435 g/mol. The molecular weight excluding hydrogens is 398 g/mol. The van der Waals surface area contributed by atoms with E-state index < -0.39 is 6.04 Å². The Morgan fingerprint density at radius 2 is 1.31 bits per heavy atom. The molecule has 1 fully saturated rings. The number of benzene rings is 2.